The second-order valence-electron chi connectivity index (χ2n) is 9.14. The third-order valence-electron chi connectivity index (χ3n) is 6.78. The molecule has 0 spiro atoms. The summed E-state index contributed by atoms with van der Waals surface area (Å²) in [5, 5.41) is 22.8. The molecule has 1 aliphatic rings. The van der Waals surface area contributed by atoms with E-state index in [0.29, 0.717) is 5.56 Å². The van der Waals surface area contributed by atoms with Gasteiger partial charge < -0.3 is 19.8 Å². The number of fused-ring (bicyclic) bond motifs is 1. The van der Waals surface area contributed by atoms with Crippen molar-refractivity contribution < 1.29 is 19.7 Å². The SMILES string of the molecule is CN1C(=O)c2c(OCc3ccccc3)c(=O)ccn2N(C(c2ccccc2)c2ccccc2O)C1CCO. The van der Waals surface area contributed by atoms with Gasteiger partial charge in [-0.05, 0) is 17.2 Å². The van der Waals surface area contributed by atoms with Crippen molar-refractivity contribution in [2.45, 2.75) is 25.2 Å². The van der Waals surface area contributed by atoms with Crippen molar-refractivity contribution in [2.24, 2.45) is 0 Å². The summed E-state index contributed by atoms with van der Waals surface area (Å²) in [5.74, 6) is -0.360. The van der Waals surface area contributed by atoms with Crippen molar-refractivity contribution >= 4 is 5.91 Å². The molecule has 1 aromatic heterocycles. The van der Waals surface area contributed by atoms with E-state index in [1.807, 2.05) is 77.8 Å². The van der Waals surface area contributed by atoms with Crippen LogP contribution in [0.2, 0.25) is 0 Å². The summed E-state index contributed by atoms with van der Waals surface area (Å²) in [6.45, 7) is -0.0558. The van der Waals surface area contributed by atoms with Gasteiger partial charge in [-0.1, -0.05) is 78.9 Å². The highest BCUT2D eigenvalue weighted by Gasteiger charge is 2.42. The topological polar surface area (TPSA) is 95.2 Å². The molecular weight excluding hydrogens is 482 g/mol. The van der Waals surface area contributed by atoms with Crippen molar-refractivity contribution in [1.29, 1.82) is 0 Å². The van der Waals surface area contributed by atoms with Crippen LogP contribution in [0.4, 0.5) is 0 Å². The number of carbonyl (C=O) groups excluding carboxylic acids is 1. The van der Waals surface area contributed by atoms with E-state index in [0.717, 1.165) is 11.1 Å². The number of benzene rings is 3. The smallest absolute Gasteiger partial charge is 0.277 e. The second-order valence-corrected chi connectivity index (χ2v) is 9.14. The summed E-state index contributed by atoms with van der Waals surface area (Å²) >= 11 is 0. The largest absolute Gasteiger partial charge is 0.508 e. The van der Waals surface area contributed by atoms with Gasteiger partial charge in [0.1, 0.15) is 24.6 Å². The minimum Gasteiger partial charge on any atom is -0.508 e. The number of rotatable bonds is 8. The normalized spacial score (nSPS) is 15.7. The molecule has 8 heteroatoms. The number of hydrogen-bond acceptors (Lipinski definition) is 6. The van der Waals surface area contributed by atoms with Crippen LogP contribution < -0.4 is 15.2 Å². The first kappa shape index (κ1) is 25.1. The molecule has 0 fully saturated rings. The Morgan fingerprint density at radius 2 is 1.55 bits per heavy atom. The monoisotopic (exact) mass is 511 g/mol. The van der Waals surface area contributed by atoms with Gasteiger partial charge in [-0.25, -0.2) is 0 Å². The molecule has 4 aromatic rings. The Balaban J connectivity index is 1.72. The molecule has 8 nitrogen and oxygen atoms in total. The lowest BCUT2D eigenvalue weighted by Gasteiger charge is -2.49. The lowest BCUT2D eigenvalue weighted by Crippen LogP contribution is -2.61. The number of phenols is 1. The Labute approximate surface area is 220 Å². The molecule has 2 heterocycles. The van der Waals surface area contributed by atoms with E-state index in [2.05, 4.69) is 0 Å². The number of aromatic nitrogens is 1. The van der Waals surface area contributed by atoms with E-state index in [4.69, 9.17) is 4.74 Å². The van der Waals surface area contributed by atoms with Crippen molar-refractivity contribution in [2.75, 3.05) is 18.7 Å². The van der Waals surface area contributed by atoms with Crippen LogP contribution in [-0.4, -0.2) is 45.5 Å². The van der Waals surface area contributed by atoms with E-state index < -0.39 is 23.5 Å². The molecular formula is C30H29N3O5. The van der Waals surface area contributed by atoms with Crippen LogP contribution in [0.25, 0.3) is 0 Å². The molecule has 1 amide bonds. The summed E-state index contributed by atoms with van der Waals surface area (Å²) in [4.78, 5) is 28.3. The number of pyridine rings is 1. The molecule has 0 radical (unpaired) electrons. The number of carbonyl (C=O) groups is 1. The van der Waals surface area contributed by atoms with Crippen LogP contribution >= 0.6 is 0 Å². The number of phenolic OH excluding ortho intramolecular Hbond substituents is 1. The van der Waals surface area contributed by atoms with Crippen LogP contribution in [0.5, 0.6) is 11.5 Å². The van der Waals surface area contributed by atoms with Crippen molar-refractivity contribution in [3.05, 3.63) is 130 Å². The van der Waals surface area contributed by atoms with Crippen molar-refractivity contribution in [3.63, 3.8) is 0 Å². The van der Waals surface area contributed by atoms with E-state index in [1.165, 1.54) is 11.0 Å². The third-order valence-corrected chi connectivity index (χ3v) is 6.78. The summed E-state index contributed by atoms with van der Waals surface area (Å²) < 4.78 is 7.63. The number of para-hydroxylation sites is 1. The zero-order valence-electron chi connectivity index (χ0n) is 21.0. The number of aliphatic hydroxyl groups excluding tert-OH is 1. The van der Waals surface area contributed by atoms with Gasteiger partial charge in [-0.15, -0.1) is 0 Å². The molecule has 0 saturated carbocycles. The van der Waals surface area contributed by atoms with E-state index in [9.17, 15) is 19.8 Å². The van der Waals surface area contributed by atoms with Gasteiger partial charge in [0.2, 0.25) is 5.43 Å². The highest BCUT2D eigenvalue weighted by molar-refractivity contribution is 5.96. The Kier molecular flexibility index (Phi) is 7.15. The number of ether oxygens (including phenoxy) is 1. The standard InChI is InChI=1S/C30H29N3O5/c1-31-26(17-19-34)33(27(22-12-6-3-7-13-22)23-14-8-9-15-24(23)35)32-18-16-25(36)29(28(32)30(31)37)38-20-21-10-4-2-5-11-21/h2-16,18,26-27,34-35H,17,19-20H2,1H3. The lowest BCUT2D eigenvalue weighted by atomic mass is 9.96. The van der Waals surface area contributed by atoms with Crippen LogP contribution in [0.1, 0.15) is 39.6 Å². The van der Waals surface area contributed by atoms with Gasteiger partial charge in [0, 0.05) is 37.9 Å². The Bertz CT molecular complexity index is 1470. The molecule has 194 valence electrons. The number of amides is 1. The molecule has 0 aliphatic carbocycles. The maximum atomic E-state index is 13.7. The lowest BCUT2D eigenvalue weighted by molar-refractivity contribution is 0.0575. The molecule has 3 aromatic carbocycles. The Morgan fingerprint density at radius 3 is 2.24 bits per heavy atom. The number of hydrogen-bond donors (Lipinski definition) is 2. The molecule has 38 heavy (non-hydrogen) atoms. The Hall–Kier alpha value is -4.56. The average molecular weight is 512 g/mol. The summed E-state index contributed by atoms with van der Waals surface area (Å²) in [7, 11) is 1.64. The summed E-state index contributed by atoms with van der Waals surface area (Å²) in [6, 6.07) is 26.9. The van der Waals surface area contributed by atoms with Crippen LogP contribution in [0, 0.1) is 0 Å². The fourth-order valence-corrected chi connectivity index (χ4v) is 4.96. The molecule has 2 N–H and O–H groups in total. The van der Waals surface area contributed by atoms with Gasteiger partial charge in [0.25, 0.3) is 5.91 Å². The first-order valence-corrected chi connectivity index (χ1v) is 12.4. The van der Waals surface area contributed by atoms with E-state index >= 15 is 0 Å². The summed E-state index contributed by atoms with van der Waals surface area (Å²) in [6.07, 6.45) is 1.21. The highest BCUT2D eigenvalue weighted by atomic mass is 16.5. The number of aromatic hydroxyl groups is 1. The van der Waals surface area contributed by atoms with Crippen LogP contribution in [0.15, 0.2) is 102 Å². The molecule has 2 unspecified atom stereocenters. The minimum absolute atomic E-state index is 0.0512. The van der Waals surface area contributed by atoms with Gasteiger partial charge in [-0.3, -0.25) is 19.3 Å². The number of nitrogens with zero attached hydrogens (tertiary/aromatic N) is 3. The molecule has 0 saturated heterocycles. The average Bonchev–Trinajstić information content (AvgIpc) is 2.94. The zero-order chi connectivity index (χ0) is 26.6. The molecule has 1 aliphatic heterocycles. The van der Waals surface area contributed by atoms with Crippen molar-refractivity contribution in [1.82, 2.24) is 9.58 Å². The maximum Gasteiger partial charge on any atom is 0.277 e. The van der Waals surface area contributed by atoms with Crippen LogP contribution in [0.3, 0.4) is 0 Å². The minimum atomic E-state index is -0.589. The van der Waals surface area contributed by atoms with E-state index in [1.54, 1.807) is 30.1 Å². The fourth-order valence-electron chi connectivity index (χ4n) is 4.96. The van der Waals surface area contributed by atoms with Gasteiger partial charge in [0.05, 0.1) is 0 Å². The quantitative estimate of drug-likeness (QED) is 0.375. The van der Waals surface area contributed by atoms with Gasteiger partial charge >= 0.3 is 0 Å². The molecule has 2 atom stereocenters. The maximum absolute atomic E-state index is 13.7. The van der Waals surface area contributed by atoms with Crippen LogP contribution in [-0.2, 0) is 6.61 Å². The Morgan fingerprint density at radius 1 is 0.895 bits per heavy atom. The van der Waals surface area contributed by atoms with Gasteiger partial charge in [0.15, 0.2) is 11.4 Å². The van der Waals surface area contributed by atoms with Crippen molar-refractivity contribution in [3.8, 4) is 11.5 Å². The second kappa shape index (κ2) is 10.8. The molecule has 5 rings (SSSR count). The zero-order valence-corrected chi connectivity index (χ0v) is 21.0. The highest BCUT2D eigenvalue weighted by Crippen LogP contribution is 2.38. The first-order chi connectivity index (χ1) is 18.5. The molecule has 0 bridgehead atoms. The first-order valence-electron chi connectivity index (χ1n) is 12.4. The predicted octanol–water partition coefficient (Wildman–Crippen LogP) is 3.65. The predicted molar refractivity (Wildman–Crippen MR) is 144 cm³/mol. The fraction of sp³-hybridized carbons (Fsp3) is 0.200. The van der Waals surface area contributed by atoms with Gasteiger partial charge in [-0.2, -0.15) is 0 Å². The summed E-state index contributed by atoms with van der Waals surface area (Å²) in [5.41, 5.74) is 2.00. The van der Waals surface area contributed by atoms with E-state index in [-0.39, 0.29) is 36.8 Å². The third kappa shape index (κ3) is 4.62. The number of aliphatic hydroxyl groups is 1.